The highest BCUT2D eigenvalue weighted by Gasteiger charge is 2.18. The number of nitrogens with zero attached hydrogens (tertiary/aromatic N) is 3. The molecule has 1 atom stereocenters. The van der Waals surface area contributed by atoms with Crippen LogP contribution in [-0.2, 0) is 4.79 Å². The number of para-hydroxylation sites is 1. The van der Waals surface area contributed by atoms with Crippen molar-refractivity contribution in [3.63, 3.8) is 0 Å². The summed E-state index contributed by atoms with van der Waals surface area (Å²) in [4.78, 5) is 24.1. The Morgan fingerprint density at radius 3 is 2.45 bits per heavy atom. The minimum atomic E-state index is -1.02. The second-order valence-corrected chi connectivity index (χ2v) is 7.27. The number of rotatable bonds is 6. The number of oxazole rings is 1. The second-order valence-electron chi connectivity index (χ2n) is 7.27. The number of aryl methyl sites for hydroxylation is 3. The average molecular weight is 419 g/mol. The van der Waals surface area contributed by atoms with Crippen LogP contribution in [0.2, 0.25) is 0 Å². The normalized spacial score (nSPS) is 12.0. The topological polar surface area (TPSA) is 108 Å². The summed E-state index contributed by atoms with van der Waals surface area (Å²) in [5.74, 6) is 0.549. The van der Waals surface area contributed by atoms with Gasteiger partial charge in [0, 0.05) is 5.56 Å². The molecule has 0 aliphatic rings. The quantitative estimate of drug-likeness (QED) is 0.472. The van der Waals surface area contributed by atoms with E-state index in [2.05, 4.69) is 15.0 Å². The van der Waals surface area contributed by atoms with Crippen molar-refractivity contribution < 1.29 is 23.8 Å². The second kappa shape index (κ2) is 8.06. The van der Waals surface area contributed by atoms with Crippen molar-refractivity contribution in [3.05, 3.63) is 59.3 Å². The molecule has 0 bridgehead atoms. The van der Waals surface area contributed by atoms with E-state index in [9.17, 15) is 4.79 Å². The molecule has 4 rings (SSSR count). The van der Waals surface area contributed by atoms with Crippen molar-refractivity contribution >= 4 is 17.2 Å². The predicted octanol–water partition coefficient (Wildman–Crippen LogP) is 4.85. The Hall–Kier alpha value is -3.94. The maximum Gasteiger partial charge on any atom is 0.344 e. The molecular formula is C23H21N3O5. The lowest BCUT2D eigenvalue weighted by molar-refractivity contribution is -0.144. The monoisotopic (exact) mass is 419 g/mol. The van der Waals surface area contributed by atoms with Crippen LogP contribution in [-0.4, -0.2) is 32.1 Å². The number of carboxylic acids is 1. The van der Waals surface area contributed by atoms with Crippen molar-refractivity contribution in [2.24, 2.45) is 0 Å². The Bertz CT molecular complexity index is 1260. The fourth-order valence-electron chi connectivity index (χ4n) is 3.15. The highest BCUT2D eigenvalue weighted by molar-refractivity contribution is 5.74. The minimum Gasteiger partial charge on any atom is -0.479 e. The molecule has 158 valence electrons. The molecule has 1 N–H and O–H groups in total. The molecule has 0 radical (unpaired) electrons. The Labute approximate surface area is 178 Å². The van der Waals surface area contributed by atoms with Crippen LogP contribution in [0.3, 0.4) is 0 Å². The van der Waals surface area contributed by atoms with Crippen LogP contribution in [0, 0.1) is 20.8 Å². The Kier molecular flexibility index (Phi) is 5.29. The third-order valence-corrected chi connectivity index (χ3v) is 4.77. The van der Waals surface area contributed by atoms with Gasteiger partial charge in [0.25, 0.3) is 5.71 Å². The SMILES string of the molecule is Cc1ccccc1Oc1ncc2nc(-c3cc(C)c(OC(C)C(=O)O)c(C)c3)oc2n1. The van der Waals surface area contributed by atoms with Gasteiger partial charge >= 0.3 is 12.0 Å². The number of hydrogen-bond donors (Lipinski definition) is 1. The summed E-state index contributed by atoms with van der Waals surface area (Å²) in [6, 6.07) is 11.4. The van der Waals surface area contributed by atoms with Gasteiger partial charge < -0.3 is 19.0 Å². The van der Waals surface area contributed by atoms with E-state index >= 15 is 0 Å². The Morgan fingerprint density at radius 1 is 1.06 bits per heavy atom. The highest BCUT2D eigenvalue weighted by Crippen LogP contribution is 2.32. The van der Waals surface area contributed by atoms with Gasteiger partial charge in [0.15, 0.2) is 6.10 Å². The summed E-state index contributed by atoms with van der Waals surface area (Å²) in [5.41, 5.74) is 4.06. The van der Waals surface area contributed by atoms with Gasteiger partial charge in [-0.25, -0.2) is 14.8 Å². The van der Waals surface area contributed by atoms with E-state index < -0.39 is 12.1 Å². The van der Waals surface area contributed by atoms with E-state index in [1.807, 2.05) is 57.2 Å². The predicted molar refractivity (Wildman–Crippen MR) is 113 cm³/mol. The van der Waals surface area contributed by atoms with E-state index in [-0.39, 0.29) is 6.01 Å². The van der Waals surface area contributed by atoms with Gasteiger partial charge in [0.2, 0.25) is 5.89 Å². The summed E-state index contributed by atoms with van der Waals surface area (Å²) < 4.78 is 17.2. The first-order chi connectivity index (χ1) is 14.8. The third kappa shape index (κ3) is 4.18. The molecule has 0 aliphatic carbocycles. The van der Waals surface area contributed by atoms with Crippen LogP contribution in [0.4, 0.5) is 0 Å². The van der Waals surface area contributed by atoms with Gasteiger partial charge in [-0.15, -0.1) is 0 Å². The molecule has 2 aromatic carbocycles. The summed E-state index contributed by atoms with van der Waals surface area (Å²) in [5, 5.41) is 9.10. The van der Waals surface area contributed by atoms with Crippen molar-refractivity contribution in [3.8, 4) is 29.0 Å². The maximum atomic E-state index is 11.1. The minimum absolute atomic E-state index is 0.170. The standard InChI is InChI=1S/C23H21N3O5/c1-12-7-5-6-8-18(12)30-23-24-11-17-21(26-23)31-20(25-17)16-9-13(2)19(14(3)10-16)29-15(4)22(27)28/h5-11,15H,1-4H3,(H,27,28). The first-order valence-corrected chi connectivity index (χ1v) is 9.70. The molecule has 0 saturated heterocycles. The summed E-state index contributed by atoms with van der Waals surface area (Å²) in [7, 11) is 0. The van der Waals surface area contributed by atoms with Crippen LogP contribution in [0.25, 0.3) is 22.7 Å². The van der Waals surface area contributed by atoms with Gasteiger partial charge in [-0.2, -0.15) is 4.98 Å². The molecule has 31 heavy (non-hydrogen) atoms. The first-order valence-electron chi connectivity index (χ1n) is 9.70. The molecule has 1 unspecified atom stereocenters. The third-order valence-electron chi connectivity index (χ3n) is 4.77. The zero-order valence-electron chi connectivity index (χ0n) is 17.5. The summed E-state index contributed by atoms with van der Waals surface area (Å²) in [6.07, 6.45) is 0.601. The lowest BCUT2D eigenvalue weighted by Crippen LogP contribution is -2.23. The van der Waals surface area contributed by atoms with E-state index in [0.29, 0.717) is 28.6 Å². The number of carbonyl (C=O) groups is 1. The number of benzene rings is 2. The van der Waals surface area contributed by atoms with Gasteiger partial charge in [0.05, 0.1) is 6.20 Å². The molecule has 0 spiro atoms. The van der Waals surface area contributed by atoms with Crippen LogP contribution in [0.1, 0.15) is 23.6 Å². The number of ether oxygens (including phenoxy) is 2. The van der Waals surface area contributed by atoms with Crippen molar-refractivity contribution in [2.75, 3.05) is 0 Å². The molecule has 0 saturated carbocycles. The van der Waals surface area contributed by atoms with Crippen LogP contribution in [0.15, 0.2) is 47.0 Å². The van der Waals surface area contributed by atoms with Crippen molar-refractivity contribution in [1.29, 1.82) is 0 Å². The molecule has 8 heteroatoms. The van der Waals surface area contributed by atoms with Crippen molar-refractivity contribution in [1.82, 2.24) is 15.0 Å². The highest BCUT2D eigenvalue weighted by atomic mass is 16.5. The van der Waals surface area contributed by atoms with Crippen molar-refractivity contribution in [2.45, 2.75) is 33.8 Å². The largest absolute Gasteiger partial charge is 0.479 e. The van der Waals surface area contributed by atoms with Gasteiger partial charge in [-0.3, -0.25) is 0 Å². The van der Waals surface area contributed by atoms with Gasteiger partial charge in [-0.1, -0.05) is 18.2 Å². The van der Waals surface area contributed by atoms with E-state index in [0.717, 1.165) is 22.3 Å². The molecule has 0 amide bonds. The lowest BCUT2D eigenvalue weighted by atomic mass is 10.1. The average Bonchev–Trinajstić information content (AvgIpc) is 3.15. The van der Waals surface area contributed by atoms with E-state index in [1.165, 1.54) is 6.92 Å². The number of aromatic nitrogens is 3. The Morgan fingerprint density at radius 2 is 1.77 bits per heavy atom. The van der Waals surface area contributed by atoms with Crippen LogP contribution in [0.5, 0.6) is 17.5 Å². The molecule has 4 aromatic rings. The fraction of sp³-hybridized carbons (Fsp3) is 0.217. The molecule has 2 aromatic heterocycles. The summed E-state index contributed by atoms with van der Waals surface area (Å²) >= 11 is 0. The van der Waals surface area contributed by atoms with Crippen LogP contribution < -0.4 is 9.47 Å². The van der Waals surface area contributed by atoms with E-state index in [4.69, 9.17) is 19.0 Å². The Balaban J connectivity index is 1.64. The molecular weight excluding hydrogens is 398 g/mol. The number of hydrogen-bond acceptors (Lipinski definition) is 7. The first kappa shape index (κ1) is 20.3. The molecule has 8 nitrogen and oxygen atoms in total. The molecule has 0 aliphatic heterocycles. The van der Waals surface area contributed by atoms with Gasteiger partial charge in [0.1, 0.15) is 17.0 Å². The van der Waals surface area contributed by atoms with E-state index in [1.54, 1.807) is 6.20 Å². The van der Waals surface area contributed by atoms with Gasteiger partial charge in [-0.05, 0) is 62.6 Å². The summed E-state index contributed by atoms with van der Waals surface area (Å²) in [6.45, 7) is 7.12. The number of fused-ring (bicyclic) bond motifs is 1. The maximum absolute atomic E-state index is 11.1. The smallest absolute Gasteiger partial charge is 0.344 e. The molecule has 2 heterocycles. The zero-order chi connectivity index (χ0) is 22.1. The number of carboxylic acid groups (broad SMARTS) is 1. The number of aliphatic carboxylic acids is 1. The zero-order valence-corrected chi connectivity index (χ0v) is 17.5. The lowest BCUT2D eigenvalue weighted by Gasteiger charge is -2.16. The molecule has 0 fully saturated rings. The fourth-order valence-corrected chi connectivity index (χ4v) is 3.15. The van der Waals surface area contributed by atoms with Crippen LogP contribution >= 0.6 is 0 Å².